The van der Waals surface area contributed by atoms with Crippen molar-refractivity contribution >= 4 is 5.91 Å². The molecule has 0 saturated heterocycles. The standard InChI is InChI=1S/C16H14FNO2/c17-12-7-5-10(6-8-12)16(20)18-15-13-4-2-1-3-11(13)9-14(15)19/h1-8,14-15,19H,9H2,(H,18,20). The molecule has 2 atom stereocenters. The summed E-state index contributed by atoms with van der Waals surface area (Å²) >= 11 is 0. The summed E-state index contributed by atoms with van der Waals surface area (Å²) < 4.78 is 12.8. The van der Waals surface area contributed by atoms with Gasteiger partial charge in [-0.2, -0.15) is 0 Å². The maximum absolute atomic E-state index is 12.8. The Kier molecular flexibility index (Phi) is 3.24. The first-order chi connectivity index (χ1) is 9.65. The van der Waals surface area contributed by atoms with Gasteiger partial charge in [-0.1, -0.05) is 24.3 Å². The molecule has 3 rings (SSSR count). The molecule has 0 fully saturated rings. The predicted octanol–water partition coefficient (Wildman–Crippen LogP) is 2.21. The van der Waals surface area contributed by atoms with Crippen molar-refractivity contribution in [2.45, 2.75) is 18.6 Å². The summed E-state index contributed by atoms with van der Waals surface area (Å²) in [5.41, 5.74) is 2.36. The monoisotopic (exact) mass is 271 g/mol. The number of carbonyl (C=O) groups excluding carboxylic acids is 1. The van der Waals surface area contributed by atoms with Crippen molar-refractivity contribution in [1.29, 1.82) is 0 Å². The highest BCUT2D eigenvalue weighted by Crippen LogP contribution is 2.31. The number of fused-ring (bicyclic) bond motifs is 1. The van der Waals surface area contributed by atoms with Crippen molar-refractivity contribution in [2.24, 2.45) is 0 Å². The summed E-state index contributed by atoms with van der Waals surface area (Å²) in [4.78, 5) is 12.1. The van der Waals surface area contributed by atoms with Crippen LogP contribution in [0.4, 0.5) is 4.39 Å². The summed E-state index contributed by atoms with van der Waals surface area (Å²) in [5, 5.41) is 12.9. The SMILES string of the molecule is O=C(NC1c2ccccc2CC1O)c1ccc(F)cc1. The number of hydrogen-bond acceptors (Lipinski definition) is 2. The molecule has 1 amide bonds. The maximum Gasteiger partial charge on any atom is 0.251 e. The topological polar surface area (TPSA) is 49.3 Å². The molecule has 2 unspecified atom stereocenters. The van der Waals surface area contributed by atoms with Crippen molar-refractivity contribution in [2.75, 3.05) is 0 Å². The molecule has 0 radical (unpaired) electrons. The molecule has 0 saturated carbocycles. The van der Waals surface area contributed by atoms with Gasteiger partial charge in [0.1, 0.15) is 5.82 Å². The Morgan fingerprint density at radius 2 is 1.85 bits per heavy atom. The number of rotatable bonds is 2. The first kappa shape index (κ1) is 12.8. The summed E-state index contributed by atoms with van der Waals surface area (Å²) in [6, 6.07) is 12.6. The van der Waals surface area contributed by atoms with Crippen LogP contribution in [0, 0.1) is 5.82 Å². The quantitative estimate of drug-likeness (QED) is 0.880. The number of nitrogens with one attached hydrogen (secondary N) is 1. The summed E-state index contributed by atoms with van der Waals surface area (Å²) in [6.07, 6.45) is -0.0957. The Hall–Kier alpha value is -2.20. The molecule has 0 heterocycles. The van der Waals surface area contributed by atoms with Gasteiger partial charge in [-0.25, -0.2) is 4.39 Å². The van der Waals surface area contributed by atoms with Gasteiger partial charge in [-0.15, -0.1) is 0 Å². The number of aliphatic hydroxyl groups is 1. The summed E-state index contributed by atoms with van der Waals surface area (Å²) in [6.45, 7) is 0. The smallest absolute Gasteiger partial charge is 0.251 e. The Balaban J connectivity index is 1.81. The average molecular weight is 271 g/mol. The third kappa shape index (κ3) is 2.30. The van der Waals surface area contributed by atoms with Crippen molar-refractivity contribution in [3.05, 3.63) is 71.0 Å². The molecule has 0 aromatic heterocycles. The van der Waals surface area contributed by atoms with Gasteiger partial charge in [-0.05, 0) is 35.4 Å². The van der Waals surface area contributed by atoms with Crippen LogP contribution in [0.2, 0.25) is 0 Å². The van der Waals surface area contributed by atoms with Crippen molar-refractivity contribution in [3.63, 3.8) is 0 Å². The lowest BCUT2D eigenvalue weighted by atomic mass is 10.1. The van der Waals surface area contributed by atoms with E-state index in [0.29, 0.717) is 12.0 Å². The Labute approximate surface area is 116 Å². The molecule has 1 aliphatic carbocycles. The lowest BCUT2D eigenvalue weighted by Gasteiger charge is -2.18. The number of carbonyl (C=O) groups is 1. The third-order valence-corrected chi connectivity index (χ3v) is 3.60. The molecule has 2 aromatic carbocycles. The van der Waals surface area contributed by atoms with Gasteiger partial charge in [0.05, 0.1) is 12.1 Å². The second kappa shape index (κ2) is 5.06. The second-order valence-electron chi connectivity index (χ2n) is 4.93. The highest BCUT2D eigenvalue weighted by atomic mass is 19.1. The van der Waals surface area contributed by atoms with E-state index in [-0.39, 0.29) is 11.7 Å². The molecule has 3 nitrogen and oxygen atoms in total. The maximum atomic E-state index is 12.8. The Morgan fingerprint density at radius 1 is 1.15 bits per heavy atom. The van der Waals surface area contributed by atoms with E-state index in [0.717, 1.165) is 11.1 Å². The van der Waals surface area contributed by atoms with Crippen LogP contribution >= 0.6 is 0 Å². The number of benzene rings is 2. The molecule has 1 aliphatic rings. The number of halogens is 1. The first-order valence-electron chi connectivity index (χ1n) is 6.47. The Bertz CT molecular complexity index is 639. The van der Waals surface area contributed by atoms with E-state index in [1.165, 1.54) is 24.3 Å². The lowest BCUT2D eigenvalue weighted by Crippen LogP contribution is -2.33. The van der Waals surface area contributed by atoms with Gasteiger partial charge in [0.25, 0.3) is 5.91 Å². The van der Waals surface area contributed by atoms with E-state index < -0.39 is 12.1 Å². The van der Waals surface area contributed by atoms with Gasteiger partial charge < -0.3 is 10.4 Å². The van der Waals surface area contributed by atoms with Crippen LogP contribution in [0.25, 0.3) is 0 Å². The molecule has 20 heavy (non-hydrogen) atoms. The fourth-order valence-electron chi connectivity index (χ4n) is 2.57. The van der Waals surface area contributed by atoms with Gasteiger partial charge in [0.15, 0.2) is 0 Å². The van der Waals surface area contributed by atoms with E-state index in [1.807, 2.05) is 24.3 Å². The molecule has 2 N–H and O–H groups in total. The zero-order chi connectivity index (χ0) is 14.1. The van der Waals surface area contributed by atoms with Crippen molar-refractivity contribution in [3.8, 4) is 0 Å². The van der Waals surface area contributed by atoms with Crippen LogP contribution < -0.4 is 5.32 Å². The molecule has 102 valence electrons. The van der Waals surface area contributed by atoms with Crippen LogP contribution in [0.3, 0.4) is 0 Å². The normalized spacial score (nSPS) is 20.5. The highest BCUT2D eigenvalue weighted by molar-refractivity contribution is 5.94. The van der Waals surface area contributed by atoms with Gasteiger partial charge in [0.2, 0.25) is 0 Å². The summed E-state index contributed by atoms with van der Waals surface area (Å²) in [7, 11) is 0. The number of amides is 1. The van der Waals surface area contributed by atoms with Crippen LogP contribution in [0.15, 0.2) is 48.5 Å². The van der Waals surface area contributed by atoms with E-state index in [4.69, 9.17) is 0 Å². The fourth-order valence-corrected chi connectivity index (χ4v) is 2.57. The molecule has 0 bridgehead atoms. The van der Waals surface area contributed by atoms with Crippen LogP contribution in [0.1, 0.15) is 27.5 Å². The summed E-state index contributed by atoms with van der Waals surface area (Å²) in [5.74, 6) is -0.696. The highest BCUT2D eigenvalue weighted by Gasteiger charge is 2.31. The van der Waals surface area contributed by atoms with Crippen molar-refractivity contribution in [1.82, 2.24) is 5.32 Å². The van der Waals surface area contributed by atoms with Crippen molar-refractivity contribution < 1.29 is 14.3 Å². The minimum atomic E-state index is -0.628. The minimum Gasteiger partial charge on any atom is -0.390 e. The largest absolute Gasteiger partial charge is 0.390 e. The lowest BCUT2D eigenvalue weighted by molar-refractivity contribution is 0.0858. The zero-order valence-corrected chi connectivity index (χ0v) is 10.7. The van der Waals surface area contributed by atoms with Crippen LogP contribution in [0.5, 0.6) is 0 Å². The van der Waals surface area contributed by atoms with E-state index in [2.05, 4.69) is 5.32 Å². The van der Waals surface area contributed by atoms with Gasteiger partial charge in [0, 0.05) is 12.0 Å². The third-order valence-electron chi connectivity index (χ3n) is 3.60. The minimum absolute atomic E-state index is 0.314. The molecule has 2 aromatic rings. The average Bonchev–Trinajstić information content (AvgIpc) is 2.76. The van der Waals surface area contributed by atoms with Gasteiger partial charge >= 0.3 is 0 Å². The predicted molar refractivity (Wildman–Crippen MR) is 72.8 cm³/mol. The van der Waals surface area contributed by atoms with Crippen LogP contribution in [-0.4, -0.2) is 17.1 Å². The van der Waals surface area contributed by atoms with Gasteiger partial charge in [-0.3, -0.25) is 4.79 Å². The molecule has 0 aliphatic heterocycles. The zero-order valence-electron chi connectivity index (χ0n) is 10.7. The second-order valence-corrected chi connectivity index (χ2v) is 4.93. The molecule has 4 heteroatoms. The van der Waals surface area contributed by atoms with Crippen LogP contribution in [-0.2, 0) is 6.42 Å². The molecular weight excluding hydrogens is 257 g/mol. The number of aliphatic hydroxyl groups excluding tert-OH is 1. The van der Waals surface area contributed by atoms with E-state index in [9.17, 15) is 14.3 Å². The van der Waals surface area contributed by atoms with E-state index >= 15 is 0 Å². The number of hydrogen-bond donors (Lipinski definition) is 2. The molecular formula is C16H14FNO2. The molecule has 0 spiro atoms. The van der Waals surface area contributed by atoms with E-state index in [1.54, 1.807) is 0 Å². The first-order valence-corrected chi connectivity index (χ1v) is 6.47. The fraction of sp³-hybridized carbons (Fsp3) is 0.188. The Morgan fingerprint density at radius 3 is 2.60 bits per heavy atom.